The standard InChI is InChI=1S/C11H15N5O4/c17-10(18)9-5-16(14-13-9)8-3-15(4-8)11(19)12-7-1-2-20-6-7/h5,7-8H,1-4,6H2,(H,12,19)(H,17,18). The van der Waals surface area contributed by atoms with Crippen molar-refractivity contribution in [2.24, 2.45) is 0 Å². The normalized spacial score (nSPS) is 22.6. The third-order valence-corrected chi connectivity index (χ3v) is 3.51. The van der Waals surface area contributed by atoms with Gasteiger partial charge in [-0.2, -0.15) is 0 Å². The monoisotopic (exact) mass is 281 g/mol. The zero-order chi connectivity index (χ0) is 14.1. The van der Waals surface area contributed by atoms with Crippen LogP contribution in [0.2, 0.25) is 0 Å². The van der Waals surface area contributed by atoms with E-state index in [1.807, 2.05) is 0 Å². The Labute approximate surface area is 114 Å². The van der Waals surface area contributed by atoms with E-state index in [0.29, 0.717) is 26.3 Å². The summed E-state index contributed by atoms with van der Waals surface area (Å²) in [4.78, 5) is 24.3. The van der Waals surface area contributed by atoms with Crippen molar-refractivity contribution >= 4 is 12.0 Å². The molecule has 1 aromatic heterocycles. The molecule has 2 amide bonds. The lowest BCUT2D eigenvalue weighted by atomic mass is 10.1. The molecule has 20 heavy (non-hydrogen) atoms. The molecule has 0 spiro atoms. The molecular formula is C11H15N5O4. The van der Waals surface area contributed by atoms with Crippen LogP contribution in [0.5, 0.6) is 0 Å². The lowest BCUT2D eigenvalue weighted by molar-refractivity contribution is 0.0690. The van der Waals surface area contributed by atoms with Crippen molar-refractivity contribution < 1.29 is 19.4 Å². The summed E-state index contributed by atoms with van der Waals surface area (Å²) in [5.74, 6) is -1.11. The number of nitrogens with zero attached hydrogens (tertiary/aromatic N) is 4. The molecule has 3 heterocycles. The van der Waals surface area contributed by atoms with Crippen molar-refractivity contribution in [2.45, 2.75) is 18.5 Å². The van der Waals surface area contributed by atoms with Crippen LogP contribution in [0, 0.1) is 0 Å². The Kier molecular flexibility index (Phi) is 3.26. The van der Waals surface area contributed by atoms with Gasteiger partial charge in [0.1, 0.15) is 0 Å². The number of rotatable bonds is 3. The fraction of sp³-hybridized carbons (Fsp3) is 0.636. The van der Waals surface area contributed by atoms with E-state index in [2.05, 4.69) is 15.6 Å². The van der Waals surface area contributed by atoms with Crippen molar-refractivity contribution in [3.63, 3.8) is 0 Å². The summed E-state index contributed by atoms with van der Waals surface area (Å²) < 4.78 is 6.69. The smallest absolute Gasteiger partial charge is 0.358 e. The average molecular weight is 281 g/mol. The van der Waals surface area contributed by atoms with Gasteiger partial charge in [0.25, 0.3) is 0 Å². The number of amides is 2. The third kappa shape index (κ3) is 2.44. The first kappa shape index (κ1) is 12.9. The van der Waals surface area contributed by atoms with Crippen LogP contribution >= 0.6 is 0 Å². The number of likely N-dealkylation sites (tertiary alicyclic amines) is 1. The Hall–Kier alpha value is -2.16. The van der Waals surface area contributed by atoms with Crippen LogP contribution in [0.3, 0.4) is 0 Å². The highest BCUT2D eigenvalue weighted by Crippen LogP contribution is 2.20. The fourth-order valence-electron chi connectivity index (χ4n) is 2.26. The van der Waals surface area contributed by atoms with Gasteiger partial charge in [-0.15, -0.1) is 5.10 Å². The van der Waals surface area contributed by atoms with Crippen LogP contribution in [0.1, 0.15) is 23.0 Å². The van der Waals surface area contributed by atoms with Crippen molar-refractivity contribution in [1.82, 2.24) is 25.2 Å². The van der Waals surface area contributed by atoms with Crippen molar-refractivity contribution in [3.8, 4) is 0 Å². The number of carbonyl (C=O) groups is 2. The highest BCUT2D eigenvalue weighted by molar-refractivity contribution is 5.84. The zero-order valence-electron chi connectivity index (χ0n) is 10.7. The molecule has 108 valence electrons. The summed E-state index contributed by atoms with van der Waals surface area (Å²) in [5.41, 5.74) is -0.0870. The molecule has 9 nitrogen and oxygen atoms in total. The third-order valence-electron chi connectivity index (χ3n) is 3.51. The minimum absolute atomic E-state index is 0.0128. The van der Waals surface area contributed by atoms with Gasteiger partial charge >= 0.3 is 12.0 Å². The second-order valence-electron chi connectivity index (χ2n) is 4.96. The molecule has 0 aliphatic carbocycles. The molecule has 0 saturated carbocycles. The Balaban J connectivity index is 1.49. The van der Waals surface area contributed by atoms with Gasteiger partial charge < -0.3 is 20.1 Å². The van der Waals surface area contributed by atoms with E-state index in [-0.39, 0.29) is 23.8 Å². The van der Waals surface area contributed by atoms with Crippen LogP contribution in [-0.2, 0) is 4.74 Å². The molecule has 9 heteroatoms. The van der Waals surface area contributed by atoms with Crippen LogP contribution in [0.4, 0.5) is 4.79 Å². The molecular weight excluding hydrogens is 266 g/mol. The SMILES string of the molecule is O=C(O)c1cn(C2CN(C(=O)NC3CCOC3)C2)nn1. The van der Waals surface area contributed by atoms with E-state index in [4.69, 9.17) is 9.84 Å². The van der Waals surface area contributed by atoms with Crippen LogP contribution < -0.4 is 5.32 Å². The second-order valence-corrected chi connectivity index (χ2v) is 4.96. The Morgan fingerprint density at radius 1 is 1.45 bits per heavy atom. The number of aromatic nitrogens is 3. The number of urea groups is 1. The molecule has 1 aromatic rings. The number of ether oxygens (including phenoxy) is 1. The Bertz CT molecular complexity index is 519. The van der Waals surface area contributed by atoms with Gasteiger partial charge in [0, 0.05) is 19.7 Å². The molecule has 3 rings (SSSR count). The highest BCUT2D eigenvalue weighted by Gasteiger charge is 2.34. The quantitative estimate of drug-likeness (QED) is 0.760. The first-order valence-electron chi connectivity index (χ1n) is 6.42. The van der Waals surface area contributed by atoms with E-state index in [0.717, 1.165) is 6.42 Å². The second kappa shape index (κ2) is 5.08. The first-order valence-corrected chi connectivity index (χ1v) is 6.42. The Morgan fingerprint density at radius 3 is 2.85 bits per heavy atom. The Morgan fingerprint density at radius 2 is 2.25 bits per heavy atom. The summed E-state index contributed by atoms with van der Waals surface area (Å²) in [6.07, 6.45) is 2.22. The molecule has 0 bridgehead atoms. The molecule has 1 unspecified atom stereocenters. The van der Waals surface area contributed by atoms with Crippen LogP contribution in [-0.4, -0.2) is 69.3 Å². The molecule has 0 radical (unpaired) electrons. The van der Waals surface area contributed by atoms with Crippen molar-refractivity contribution in [3.05, 3.63) is 11.9 Å². The minimum atomic E-state index is -1.11. The maximum absolute atomic E-state index is 11.9. The predicted octanol–water partition coefficient (Wildman–Crippen LogP) is -0.668. The van der Waals surface area contributed by atoms with Crippen molar-refractivity contribution in [2.75, 3.05) is 26.3 Å². The molecule has 0 aromatic carbocycles. The number of hydrogen-bond acceptors (Lipinski definition) is 5. The topological polar surface area (TPSA) is 110 Å². The van der Waals surface area contributed by atoms with E-state index in [9.17, 15) is 9.59 Å². The fourth-order valence-corrected chi connectivity index (χ4v) is 2.26. The van der Waals surface area contributed by atoms with Crippen LogP contribution in [0.25, 0.3) is 0 Å². The predicted molar refractivity (Wildman–Crippen MR) is 65.3 cm³/mol. The molecule has 2 aliphatic rings. The van der Waals surface area contributed by atoms with Gasteiger partial charge in [0.05, 0.1) is 24.9 Å². The summed E-state index contributed by atoms with van der Waals surface area (Å²) >= 11 is 0. The molecule has 1 atom stereocenters. The number of hydrogen-bond donors (Lipinski definition) is 2. The van der Waals surface area contributed by atoms with Gasteiger partial charge in [-0.05, 0) is 6.42 Å². The summed E-state index contributed by atoms with van der Waals surface area (Å²) in [6.45, 7) is 2.25. The number of carbonyl (C=O) groups excluding carboxylic acids is 1. The molecule has 2 saturated heterocycles. The van der Waals surface area contributed by atoms with E-state index in [1.165, 1.54) is 10.9 Å². The van der Waals surface area contributed by atoms with Crippen LogP contribution in [0.15, 0.2) is 6.20 Å². The van der Waals surface area contributed by atoms with E-state index in [1.54, 1.807) is 4.90 Å². The van der Waals surface area contributed by atoms with E-state index >= 15 is 0 Å². The van der Waals surface area contributed by atoms with E-state index < -0.39 is 5.97 Å². The summed E-state index contributed by atoms with van der Waals surface area (Å²) in [6, 6.07) is -0.0389. The molecule has 2 fully saturated rings. The minimum Gasteiger partial charge on any atom is -0.476 e. The number of carboxylic acids is 1. The first-order chi connectivity index (χ1) is 9.63. The number of nitrogens with one attached hydrogen (secondary N) is 1. The zero-order valence-corrected chi connectivity index (χ0v) is 10.7. The molecule has 2 N–H and O–H groups in total. The van der Waals surface area contributed by atoms with Gasteiger partial charge in [0.2, 0.25) is 0 Å². The lowest BCUT2D eigenvalue weighted by Gasteiger charge is -2.39. The largest absolute Gasteiger partial charge is 0.476 e. The maximum Gasteiger partial charge on any atom is 0.358 e. The maximum atomic E-state index is 11.9. The number of carboxylic acid groups (broad SMARTS) is 1. The lowest BCUT2D eigenvalue weighted by Crippen LogP contribution is -2.56. The van der Waals surface area contributed by atoms with Gasteiger partial charge in [-0.3, -0.25) is 0 Å². The van der Waals surface area contributed by atoms with Gasteiger partial charge in [-0.25, -0.2) is 14.3 Å². The highest BCUT2D eigenvalue weighted by atomic mass is 16.5. The number of aromatic carboxylic acids is 1. The van der Waals surface area contributed by atoms with Gasteiger partial charge in [0.15, 0.2) is 5.69 Å². The summed E-state index contributed by atoms with van der Waals surface area (Å²) in [7, 11) is 0. The molecule has 2 aliphatic heterocycles. The summed E-state index contributed by atoms with van der Waals surface area (Å²) in [5, 5.41) is 19.0. The average Bonchev–Trinajstić information content (AvgIpc) is 2.97. The van der Waals surface area contributed by atoms with Crippen molar-refractivity contribution in [1.29, 1.82) is 0 Å². The van der Waals surface area contributed by atoms with Gasteiger partial charge in [-0.1, -0.05) is 5.21 Å².